The minimum atomic E-state index is -3.95. The first-order valence-corrected chi connectivity index (χ1v) is 8.50. The minimum Gasteiger partial charge on any atom is -0.292 e. The molecule has 0 aliphatic rings. The molecular weight excluding hydrogens is 299 g/mol. The first kappa shape index (κ1) is 14.9. The average molecular weight is 312 g/mol. The molecule has 0 saturated carbocycles. The predicted octanol–water partition coefficient (Wildman–Crippen LogP) is 3.11. The summed E-state index contributed by atoms with van der Waals surface area (Å²) >= 11 is 1.27. The number of aryl methyl sites for hydroxylation is 1. The van der Waals surface area contributed by atoms with Crippen molar-refractivity contribution in [3.63, 3.8) is 0 Å². The number of hydrogen-bond acceptors (Lipinski definition) is 4. The monoisotopic (exact) mass is 312 g/mol. The molecule has 0 spiro atoms. The number of carbonyl (C=O) groups is 1. The van der Waals surface area contributed by atoms with Gasteiger partial charge in [0.15, 0.2) is 15.6 Å². The largest absolute Gasteiger partial charge is 0.292 e. The molecule has 2 rings (SSSR count). The summed E-state index contributed by atoms with van der Waals surface area (Å²) in [6.45, 7) is 1.95. The second-order valence-electron chi connectivity index (χ2n) is 4.23. The molecule has 0 unspecified atom stereocenters. The van der Waals surface area contributed by atoms with Gasteiger partial charge < -0.3 is 0 Å². The standard InChI is InChI=1S/C14H13FO3S2/c1-2-10-7-8-13(19-10)12(16)9-20(17,18)14-6-4-3-5-11(14)15/h3-8H,2,9H2,1H3. The van der Waals surface area contributed by atoms with Crippen molar-refractivity contribution in [2.75, 3.05) is 5.75 Å². The van der Waals surface area contributed by atoms with Crippen molar-refractivity contribution in [1.29, 1.82) is 0 Å². The second-order valence-corrected chi connectivity index (χ2v) is 7.36. The highest BCUT2D eigenvalue weighted by Crippen LogP contribution is 2.21. The van der Waals surface area contributed by atoms with Gasteiger partial charge in [-0.2, -0.15) is 0 Å². The number of rotatable bonds is 5. The van der Waals surface area contributed by atoms with E-state index in [9.17, 15) is 17.6 Å². The van der Waals surface area contributed by atoms with Crippen molar-refractivity contribution in [1.82, 2.24) is 0 Å². The van der Waals surface area contributed by atoms with Gasteiger partial charge in [-0.25, -0.2) is 12.8 Å². The Kier molecular flexibility index (Phi) is 4.35. The van der Waals surface area contributed by atoms with E-state index in [1.807, 2.05) is 6.92 Å². The van der Waals surface area contributed by atoms with Crippen molar-refractivity contribution in [3.05, 3.63) is 52.0 Å². The molecule has 0 saturated heterocycles. The highest BCUT2D eigenvalue weighted by Gasteiger charge is 2.24. The smallest absolute Gasteiger partial charge is 0.188 e. The molecule has 0 aliphatic carbocycles. The van der Waals surface area contributed by atoms with E-state index in [-0.39, 0.29) is 0 Å². The molecule has 1 aromatic heterocycles. The highest BCUT2D eigenvalue weighted by atomic mass is 32.2. The lowest BCUT2D eigenvalue weighted by Gasteiger charge is -2.04. The molecule has 6 heteroatoms. The Morgan fingerprint density at radius 1 is 1.20 bits per heavy atom. The molecule has 0 fully saturated rings. The molecule has 0 N–H and O–H groups in total. The molecule has 0 radical (unpaired) electrons. The average Bonchev–Trinajstić information content (AvgIpc) is 2.87. The molecule has 1 aromatic carbocycles. The summed E-state index contributed by atoms with van der Waals surface area (Å²) in [4.78, 5) is 13.0. The van der Waals surface area contributed by atoms with Crippen LogP contribution in [0.5, 0.6) is 0 Å². The third kappa shape index (κ3) is 3.13. The van der Waals surface area contributed by atoms with E-state index in [0.717, 1.165) is 17.4 Å². The zero-order valence-electron chi connectivity index (χ0n) is 10.8. The third-order valence-electron chi connectivity index (χ3n) is 2.78. The maximum atomic E-state index is 13.5. The van der Waals surface area contributed by atoms with Crippen LogP contribution in [0, 0.1) is 5.82 Å². The van der Waals surface area contributed by atoms with E-state index in [0.29, 0.717) is 4.88 Å². The maximum Gasteiger partial charge on any atom is 0.188 e. The first-order valence-electron chi connectivity index (χ1n) is 6.03. The van der Waals surface area contributed by atoms with Gasteiger partial charge in [-0.1, -0.05) is 19.1 Å². The van der Waals surface area contributed by atoms with E-state index < -0.39 is 32.1 Å². The Balaban J connectivity index is 2.25. The Hall–Kier alpha value is -1.53. The Labute approximate surface area is 121 Å². The summed E-state index contributed by atoms with van der Waals surface area (Å²) in [6, 6.07) is 8.49. The topological polar surface area (TPSA) is 51.2 Å². The lowest BCUT2D eigenvalue weighted by atomic mass is 10.3. The Morgan fingerprint density at radius 3 is 2.50 bits per heavy atom. The summed E-state index contributed by atoms with van der Waals surface area (Å²) in [5.41, 5.74) is 0. The second kappa shape index (κ2) is 5.85. The number of benzene rings is 1. The zero-order chi connectivity index (χ0) is 14.8. The first-order chi connectivity index (χ1) is 9.44. The van der Waals surface area contributed by atoms with E-state index in [1.165, 1.54) is 29.5 Å². The van der Waals surface area contributed by atoms with Crippen molar-refractivity contribution in [3.8, 4) is 0 Å². The van der Waals surface area contributed by atoms with Gasteiger partial charge in [-0.3, -0.25) is 4.79 Å². The molecule has 106 valence electrons. The van der Waals surface area contributed by atoms with E-state index in [1.54, 1.807) is 12.1 Å². The van der Waals surface area contributed by atoms with Crippen molar-refractivity contribution in [2.24, 2.45) is 0 Å². The molecule has 0 bridgehead atoms. The summed E-state index contributed by atoms with van der Waals surface area (Å²) in [6.07, 6.45) is 0.790. The van der Waals surface area contributed by atoms with Gasteiger partial charge in [-0.05, 0) is 30.7 Å². The molecule has 1 heterocycles. The molecule has 0 aliphatic heterocycles. The summed E-state index contributed by atoms with van der Waals surface area (Å²) in [5.74, 6) is -2.05. The van der Waals surface area contributed by atoms with E-state index in [2.05, 4.69) is 0 Å². The fourth-order valence-electron chi connectivity index (χ4n) is 1.74. The highest BCUT2D eigenvalue weighted by molar-refractivity contribution is 7.92. The van der Waals surface area contributed by atoms with Crippen LogP contribution in [-0.4, -0.2) is 20.0 Å². The van der Waals surface area contributed by atoms with Crippen molar-refractivity contribution < 1.29 is 17.6 Å². The molecule has 0 amide bonds. The van der Waals surface area contributed by atoms with Crippen molar-refractivity contribution >= 4 is 27.0 Å². The van der Waals surface area contributed by atoms with Gasteiger partial charge in [-0.15, -0.1) is 11.3 Å². The van der Waals surface area contributed by atoms with Crippen LogP contribution in [0.2, 0.25) is 0 Å². The van der Waals surface area contributed by atoms with Crippen LogP contribution in [0.25, 0.3) is 0 Å². The predicted molar refractivity (Wildman–Crippen MR) is 76.5 cm³/mol. The fourth-order valence-corrected chi connectivity index (χ4v) is 4.02. The van der Waals surface area contributed by atoms with Crippen LogP contribution in [0.15, 0.2) is 41.3 Å². The Morgan fingerprint density at radius 2 is 1.90 bits per heavy atom. The number of halogens is 1. The molecule has 2 aromatic rings. The molecule has 3 nitrogen and oxygen atoms in total. The number of thiophene rings is 1. The van der Waals surface area contributed by atoms with E-state index >= 15 is 0 Å². The number of Topliss-reactive ketones (excluding diaryl/α,β-unsaturated/α-hetero) is 1. The summed E-state index contributed by atoms with van der Waals surface area (Å²) in [7, 11) is -3.95. The number of carbonyl (C=O) groups excluding carboxylic acids is 1. The lowest BCUT2D eigenvalue weighted by molar-refractivity contribution is 0.102. The molecule has 0 atom stereocenters. The zero-order valence-corrected chi connectivity index (χ0v) is 12.4. The van der Waals surface area contributed by atoms with Gasteiger partial charge in [0, 0.05) is 4.88 Å². The van der Waals surface area contributed by atoms with E-state index in [4.69, 9.17) is 0 Å². The fraction of sp³-hybridized carbons (Fsp3) is 0.214. The molecule has 20 heavy (non-hydrogen) atoms. The van der Waals surface area contributed by atoms with Crippen LogP contribution in [0.3, 0.4) is 0 Å². The van der Waals surface area contributed by atoms with Crippen LogP contribution in [-0.2, 0) is 16.3 Å². The quantitative estimate of drug-likeness (QED) is 0.797. The van der Waals surface area contributed by atoms with Gasteiger partial charge in [0.2, 0.25) is 0 Å². The third-order valence-corrected chi connectivity index (χ3v) is 5.69. The summed E-state index contributed by atoms with van der Waals surface area (Å²) in [5, 5.41) is 0. The van der Waals surface area contributed by atoms with Gasteiger partial charge in [0.25, 0.3) is 0 Å². The van der Waals surface area contributed by atoms with Gasteiger partial charge >= 0.3 is 0 Å². The summed E-state index contributed by atoms with van der Waals surface area (Å²) < 4.78 is 37.6. The number of ketones is 1. The number of sulfone groups is 1. The van der Waals surface area contributed by atoms with Crippen LogP contribution >= 0.6 is 11.3 Å². The lowest BCUT2D eigenvalue weighted by Crippen LogP contribution is -2.16. The normalized spacial score (nSPS) is 11.5. The van der Waals surface area contributed by atoms with Crippen molar-refractivity contribution in [2.45, 2.75) is 18.2 Å². The SMILES string of the molecule is CCc1ccc(C(=O)CS(=O)(=O)c2ccccc2F)s1. The molecular formula is C14H13FO3S2. The van der Waals surface area contributed by atoms with Gasteiger partial charge in [0.05, 0.1) is 4.88 Å². The van der Waals surface area contributed by atoms with Crippen LogP contribution < -0.4 is 0 Å². The Bertz CT molecular complexity index is 732. The van der Waals surface area contributed by atoms with Crippen LogP contribution in [0.1, 0.15) is 21.5 Å². The minimum absolute atomic E-state index is 0.391. The number of hydrogen-bond donors (Lipinski definition) is 0. The van der Waals surface area contributed by atoms with Crippen LogP contribution in [0.4, 0.5) is 4.39 Å². The van der Waals surface area contributed by atoms with Gasteiger partial charge in [0.1, 0.15) is 16.5 Å². The maximum absolute atomic E-state index is 13.5.